The van der Waals surface area contributed by atoms with Gasteiger partial charge in [0.25, 0.3) is 0 Å². The van der Waals surface area contributed by atoms with Crippen molar-refractivity contribution >= 4 is 0 Å². The maximum Gasteiger partial charge on any atom is 0.0811 e. The van der Waals surface area contributed by atoms with Crippen LogP contribution in [0.5, 0.6) is 0 Å². The average molecular weight is 156 g/mol. The van der Waals surface area contributed by atoms with Crippen molar-refractivity contribution in [3.63, 3.8) is 0 Å². The lowest BCUT2D eigenvalue weighted by Crippen LogP contribution is -1.74. The Morgan fingerprint density at radius 3 is 1.00 bits per heavy atom. The molecule has 1 nitrogen and oxygen atoms in total. The molecule has 66 valence electrons. The molecule has 0 bridgehead atoms. The molecule has 1 aliphatic heterocycles. The first-order valence-electron chi connectivity index (χ1n) is 4.21. The van der Waals surface area contributed by atoms with E-state index in [9.17, 15) is 0 Å². The molecule has 0 amide bonds. The van der Waals surface area contributed by atoms with Crippen LogP contribution >= 0.6 is 0 Å². The molecule has 1 fully saturated rings. The van der Waals surface area contributed by atoms with Crippen LogP contribution < -0.4 is 0 Å². The Hall–Kier alpha value is -0.300. The fourth-order valence-corrected chi connectivity index (χ4v) is 0.293. The molecular weight excluding hydrogens is 136 g/mol. The van der Waals surface area contributed by atoms with Gasteiger partial charge in [-0.25, -0.2) is 0 Å². The molecule has 0 saturated carbocycles. The molecule has 0 aliphatic carbocycles. The first-order chi connectivity index (χ1) is 4.95. The second-order valence-electron chi connectivity index (χ2n) is 3.55. The highest BCUT2D eigenvalue weighted by Gasteiger charge is 2.27. The van der Waals surface area contributed by atoms with E-state index in [0.717, 1.165) is 0 Å². The number of hydrogen-bond acceptors (Lipinski definition) is 1. The molecule has 0 radical (unpaired) electrons. The number of allylic oxidation sites excluding steroid dienone is 2. The van der Waals surface area contributed by atoms with Gasteiger partial charge in [-0.1, -0.05) is 11.1 Å². The van der Waals surface area contributed by atoms with Gasteiger partial charge in [-0.3, -0.25) is 0 Å². The molecular formula is C10H20O. The molecule has 0 aromatic heterocycles. The minimum atomic E-state index is 0.551. The molecule has 1 rings (SSSR count). The van der Waals surface area contributed by atoms with Gasteiger partial charge in [0.2, 0.25) is 0 Å². The summed E-state index contributed by atoms with van der Waals surface area (Å²) in [6, 6.07) is 0. The highest BCUT2D eigenvalue weighted by Crippen LogP contribution is 2.18. The van der Waals surface area contributed by atoms with Crippen LogP contribution in [0.3, 0.4) is 0 Å². The van der Waals surface area contributed by atoms with Crippen LogP contribution in [0.25, 0.3) is 0 Å². The summed E-state index contributed by atoms with van der Waals surface area (Å²) in [7, 11) is 0. The van der Waals surface area contributed by atoms with E-state index in [2.05, 4.69) is 41.5 Å². The number of epoxide rings is 1. The van der Waals surface area contributed by atoms with E-state index in [1.54, 1.807) is 0 Å². The predicted octanol–water partition coefficient (Wildman–Crippen LogP) is 3.16. The van der Waals surface area contributed by atoms with Crippen LogP contribution in [0.1, 0.15) is 41.5 Å². The van der Waals surface area contributed by atoms with Crippen LogP contribution in [0.2, 0.25) is 0 Å². The van der Waals surface area contributed by atoms with Crippen molar-refractivity contribution in [1.82, 2.24) is 0 Å². The SMILES string of the molecule is CC(C)=C(C)C.CC1OC1C. The molecule has 1 aliphatic rings. The molecule has 0 N–H and O–H groups in total. The lowest BCUT2D eigenvalue weighted by atomic mass is 10.2. The Morgan fingerprint density at radius 2 is 1.00 bits per heavy atom. The number of hydrogen-bond donors (Lipinski definition) is 0. The lowest BCUT2D eigenvalue weighted by Gasteiger charge is -1.88. The van der Waals surface area contributed by atoms with Crippen molar-refractivity contribution in [2.45, 2.75) is 53.8 Å². The van der Waals surface area contributed by atoms with Gasteiger partial charge in [0, 0.05) is 0 Å². The summed E-state index contributed by atoms with van der Waals surface area (Å²) in [5.41, 5.74) is 2.85. The third-order valence-corrected chi connectivity index (χ3v) is 2.01. The summed E-state index contributed by atoms with van der Waals surface area (Å²) in [6.07, 6.45) is 1.10. The quantitative estimate of drug-likeness (QED) is 0.387. The fraction of sp³-hybridized carbons (Fsp3) is 0.800. The molecule has 1 saturated heterocycles. The highest BCUT2D eigenvalue weighted by molar-refractivity contribution is 5.02. The van der Waals surface area contributed by atoms with E-state index >= 15 is 0 Å². The zero-order valence-corrected chi connectivity index (χ0v) is 8.56. The van der Waals surface area contributed by atoms with Crippen LogP contribution in [-0.4, -0.2) is 12.2 Å². The Labute approximate surface area is 70.4 Å². The second-order valence-corrected chi connectivity index (χ2v) is 3.55. The second kappa shape index (κ2) is 4.55. The van der Waals surface area contributed by atoms with Gasteiger partial charge in [-0.15, -0.1) is 0 Å². The van der Waals surface area contributed by atoms with Gasteiger partial charge in [0.1, 0.15) is 0 Å². The first-order valence-corrected chi connectivity index (χ1v) is 4.21. The number of rotatable bonds is 0. The molecule has 2 unspecified atom stereocenters. The standard InChI is InChI=1S/C6H12.C4H8O/c1-5(2)6(3)4;1-3-4(2)5-3/h1-4H3;3-4H,1-2H3. The molecule has 0 aromatic carbocycles. The van der Waals surface area contributed by atoms with Gasteiger partial charge >= 0.3 is 0 Å². The molecule has 1 heteroatoms. The summed E-state index contributed by atoms with van der Waals surface area (Å²) in [4.78, 5) is 0. The Kier molecular flexibility index (Phi) is 4.43. The molecule has 1 heterocycles. The molecule has 0 aromatic rings. The largest absolute Gasteiger partial charge is 0.370 e. The van der Waals surface area contributed by atoms with Crippen molar-refractivity contribution in [3.05, 3.63) is 11.1 Å². The van der Waals surface area contributed by atoms with Gasteiger partial charge in [-0.05, 0) is 41.5 Å². The molecule has 0 spiro atoms. The summed E-state index contributed by atoms with van der Waals surface area (Å²) < 4.78 is 4.92. The third-order valence-electron chi connectivity index (χ3n) is 2.01. The summed E-state index contributed by atoms with van der Waals surface area (Å²) >= 11 is 0. The third kappa shape index (κ3) is 6.11. The van der Waals surface area contributed by atoms with Crippen LogP contribution in [-0.2, 0) is 4.74 Å². The summed E-state index contributed by atoms with van der Waals surface area (Å²) in [5, 5.41) is 0. The predicted molar refractivity (Wildman–Crippen MR) is 49.7 cm³/mol. The van der Waals surface area contributed by atoms with Crippen LogP contribution in [0.15, 0.2) is 11.1 Å². The first kappa shape index (κ1) is 10.7. The Morgan fingerprint density at radius 1 is 0.818 bits per heavy atom. The zero-order valence-electron chi connectivity index (χ0n) is 8.56. The van der Waals surface area contributed by atoms with E-state index in [-0.39, 0.29) is 0 Å². The van der Waals surface area contributed by atoms with Gasteiger partial charge in [0.05, 0.1) is 12.2 Å². The normalized spacial score (nSPS) is 26.7. The summed E-state index contributed by atoms with van der Waals surface area (Å²) in [6.45, 7) is 12.6. The van der Waals surface area contributed by atoms with E-state index in [4.69, 9.17) is 4.74 Å². The van der Waals surface area contributed by atoms with Crippen LogP contribution in [0.4, 0.5) is 0 Å². The van der Waals surface area contributed by atoms with Gasteiger partial charge < -0.3 is 4.74 Å². The lowest BCUT2D eigenvalue weighted by molar-refractivity contribution is 0.389. The Balaban J connectivity index is 0.000000183. The Bertz CT molecular complexity index is 123. The molecule has 2 atom stereocenters. The van der Waals surface area contributed by atoms with E-state index < -0.39 is 0 Å². The van der Waals surface area contributed by atoms with Crippen molar-refractivity contribution < 1.29 is 4.74 Å². The monoisotopic (exact) mass is 156 g/mol. The van der Waals surface area contributed by atoms with Crippen molar-refractivity contribution in [3.8, 4) is 0 Å². The van der Waals surface area contributed by atoms with E-state index in [0.29, 0.717) is 12.2 Å². The van der Waals surface area contributed by atoms with Crippen molar-refractivity contribution in [2.75, 3.05) is 0 Å². The topological polar surface area (TPSA) is 12.5 Å². The minimum absolute atomic E-state index is 0.551. The minimum Gasteiger partial charge on any atom is -0.370 e. The summed E-state index contributed by atoms with van der Waals surface area (Å²) in [5.74, 6) is 0. The average Bonchev–Trinajstić information content (AvgIpc) is 2.46. The smallest absolute Gasteiger partial charge is 0.0811 e. The molecule has 11 heavy (non-hydrogen) atoms. The maximum absolute atomic E-state index is 4.92. The van der Waals surface area contributed by atoms with E-state index in [1.807, 2.05) is 0 Å². The maximum atomic E-state index is 4.92. The highest BCUT2D eigenvalue weighted by atomic mass is 16.6. The number of ether oxygens (including phenoxy) is 1. The van der Waals surface area contributed by atoms with Gasteiger partial charge in [0.15, 0.2) is 0 Å². The van der Waals surface area contributed by atoms with Crippen molar-refractivity contribution in [1.29, 1.82) is 0 Å². The zero-order chi connectivity index (χ0) is 9.02. The van der Waals surface area contributed by atoms with Gasteiger partial charge in [-0.2, -0.15) is 0 Å². The van der Waals surface area contributed by atoms with E-state index in [1.165, 1.54) is 11.1 Å². The fourth-order valence-electron chi connectivity index (χ4n) is 0.293. The van der Waals surface area contributed by atoms with Crippen molar-refractivity contribution in [2.24, 2.45) is 0 Å². The van der Waals surface area contributed by atoms with Crippen LogP contribution in [0, 0.1) is 0 Å².